The van der Waals surface area contributed by atoms with Crippen LogP contribution in [0.2, 0.25) is 0 Å². The average molecular weight is 664 g/mol. The third kappa shape index (κ3) is 5.12. The van der Waals surface area contributed by atoms with E-state index in [1.165, 1.54) is 32.7 Å². The summed E-state index contributed by atoms with van der Waals surface area (Å²) >= 11 is 0. The third-order valence-corrected chi connectivity index (χ3v) is 10.3. The van der Waals surface area contributed by atoms with Crippen molar-refractivity contribution in [2.24, 2.45) is 0 Å². The van der Waals surface area contributed by atoms with Crippen LogP contribution in [0.15, 0.2) is 205 Å². The zero-order valence-electron chi connectivity index (χ0n) is 28.4. The molecule has 0 radical (unpaired) electrons. The van der Waals surface area contributed by atoms with E-state index in [-0.39, 0.29) is 0 Å². The Hall–Kier alpha value is -6.90. The van der Waals surface area contributed by atoms with Crippen molar-refractivity contribution in [1.82, 2.24) is 0 Å². The second-order valence-electron chi connectivity index (χ2n) is 13.3. The van der Waals surface area contributed by atoms with Gasteiger partial charge >= 0.3 is 0 Å². The zero-order valence-corrected chi connectivity index (χ0v) is 28.4. The summed E-state index contributed by atoms with van der Waals surface area (Å²) in [5.41, 5.74) is 12.1. The molecular weight excluding hydrogens is 631 g/mol. The second kappa shape index (κ2) is 12.5. The zero-order chi connectivity index (χ0) is 34.4. The van der Waals surface area contributed by atoms with Crippen molar-refractivity contribution in [1.29, 1.82) is 0 Å². The van der Waals surface area contributed by atoms with Crippen molar-refractivity contribution >= 4 is 60.5 Å². The molecule has 10 aromatic rings. The Bertz CT molecular complexity index is 2890. The minimum atomic E-state index is 0.895. The number of para-hydroxylation sites is 2. The molecule has 9 aromatic carbocycles. The van der Waals surface area contributed by atoms with Crippen LogP contribution in [0.5, 0.6) is 0 Å². The Morgan fingerprint density at radius 3 is 1.77 bits per heavy atom. The first-order chi connectivity index (χ1) is 25.8. The van der Waals surface area contributed by atoms with Gasteiger partial charge in [-0.05, 0) is 86.3 Å². The Morgan fingerprint density at radius 1 is 0.327 bits per heavy atom. The van der Waals surface area contributed by atoms with Gasteiger partial charge in [-0.15, -0.1) is 0 Å². The summed E-state index contributed by atoms with van der Waals surface area (Å²) in [6, 6.07) is 71.7. The molecule has 0 spiro atoms. The van der Waals surface area contributed by atoms with Crippen LogP contribution in [-0.2, 0) is 0 Å². The van der Waals surface area contributed by atoms with Gasteiger partial charge in [-0.2, -0.15) is 0 Å². The summed E-state index contributed by atoms with van der Waals surface area (Å²) in [4.78, 5) is 2.39. The predicted octanol–water partition coefficient (Wildman–Crippen LogP) is 14.4. The topological polar surface area (TPSA) is 16.4 Å². The van der Waals surface area contributed by atoms with E-state index < -0.39 is 0 Å². The van der Waals surface area contributed by atoms with E-state index in [4.69, 9.17) is 4.42 Å². The van der Waals surface area contributed by atoms with Gasteiger partial charge in [0.2, 0.25) is 0 Å². The van der Waals surface area contributed by atoms with Crippen LogP contribution in [0, 0.1) is 0 Å². The van der Waals surface area contributed by atoms with Crippen LogP contribution in [-0.4, -0.2) is 0 Å². The molecule has 0 saturated carbocycles. The molecule has 1 aromatic heterocycles. The lowest BCUT2D eigenvalue weighted by Gasteiger charge is -2.28. The smallest absolute Gasteiger partial charge is 0.143 e. The van der Waals surface area contributed by atoms with E-state index in [1.54, 1.807) is 0 Å². The largest absolute Gasteiger partial charge is 0.455 e. The van der Waals surface area contributed by atoms with Crippen molar-refractivity contribution in [3.8, 4) is 33.4 Å². The quantitative estimate of drug-likeness (QED) is 0.165. The molecule has 0 aliphatic heterocycles. The number of fused-ring (bicyclic) bond motifs is 6. The number of anilines is 3. The lowest BCUT2D eigenvalue weighted by Crippen LogP contribution is -2.11. The van der Waals surface area contributed by atoms with Crippen molar-refractivity contribution in [2.45, 2.75) is 0 Å². The monoisotopic (exact) mass is 663 g/mol. The fourth-order valence-electron chi connectivity index (χ4n) is 7.72. The summed E-state index contributed by atoms with van der Waals surface area (Å²) < 4.78 is 6.47. The van der Waals surface area contributed by atoms with Gasteiger partial charge in [-0.1, -0.05) is 158 Å². The molecule has 10 rings (SSSR count). The number of benzene rings is 9. The van der Waals surface area contributed by atoms with Gasteiger partial charge in [0.25, 0.3) is 0 Å². The molecular formula is C50H33NO. The molecule has 0 aliphatic rings. The van der Waals surface area contributed by atoms with Crippen LogP contribution >= 0.6 is 0 Å². The first-order valence-corrected chi connectivity index (χ1v) is 17.8. The SMILES string of the molecule is c1ccc(-c2ccccc2N(c2ccc(-c3ccc4oc5c(-c6ccccc6)cccc5c4c3)cc2)c2ccc3c(ccc4ccccc43)c2)cc1. The highest BCUT2D eigenvalue weighted by Crippen LogP contribution is 2.43. The van der Waals surface area contributed by atoms with E-state index in [1.807, 2.05) is 6.07 Å². The fourth-order valence-corrected chi connectivity index (χ4v) is 7.72. The number of furan rings is 1. The van der Waals surface area contributed by atoms with Gasteiger partial charge in [-0.3, -0.25) is 0 Å². The standard InChI is InChI=1S/C50H33NO/c1-3-12-35(13-4-1)44-18-9-10-21-48(44)51(41-29-30-43-39(32-41)23-22-37-16-7-8-17-42(37)43)40-27-24-34(25-28-40)38-26-31-49-47(33-38)46-20-11-19-45(50(46)52-49)36-14-5-2-6-15-36/h1-33H. The normalized spacial score (nSPS) is 11.5. The Morgan fingerprint density at radius 2 is 0.942 bits per heavy atom. The Labute approximate surface area is 302 Å². The molecule has 2 nitrogen and oxygen atoms in total. The van der Waals surface area contributed by atoms with Gasteiger partial charge < -0.3 is 9.32 Å². The molecule has 0 saturated heterocycles. The maximum atomic E-state index is 6.47. The maximum Gasteiger partial charge on any atom is 0.143 e. The Balaban J connectivity index is 1.09. The van der Waals surface area contributed by atoms with Gasteiger partial charge in [-0.25, -0.2) is 0 Å². The van der Waals surface area contributed by atoms with E-state index in [9.17, 15) is 0 Å². The van der Waals surface area contributed by atoms with Crippen molar-refractivity contribution in [3.63, 3.8) is 0 Å². The lowest BCUT2D eigenvalue weighted by atomic mass is 9.98. The van der Waals surface area contributed by atoms with E-state index in [2.05, 4.69) is 199 Å². The van der Waals surface area contributed by atoms with Crippen LogP contribution in [0.4, 0.5) is 17.1 Å². The van der Waals surface area contributed by atoms with Gasteiger partial charge in [0, 0.05) is 33.3 Å². The number of nitrogens with zero attached hydrogens (tertiary/aromatic N) is 1. The highest BCUT2D eigenvalue weighted by atomic mass is 16.3. The highest BCUT2D eigenvalue weighted by Gasteiger charge is 2.19. The maximum absolute atomic E-state index is 6.47. The van der Waals surface area contributed by atoms with E-state index in [0.29, 0.717) is 0 Å². The molecule has 2 heteroatoms. The second-order valence-corrected chi connectivity index (χ2v) is 13.3. The minimum absolute atomic E-state index is 0.895. The minimum Gasteiger partial charge on any atom is -0.455 e. The van der Waals surface area contributed by atoms with Crippen LogP contribution in [0.3, 0.4) is 0 Å². The first-order valence-electron chi connectivity index (χ1n) is 17.8. The highest BCUT2D eigenvalue weighted by molar-refractivity contribution is 6.11. The molecule has 0 N–H and O–H groups in total. The Kier molecular flexibility index (Phi) is 7.18. The molecule has 0 atom stereocenters. The molecule has 1 heterocycles. The fraction of sp³-hybridized carbons (Fsp3) is 0. The van der Waals surface area contributed by atoms with Crippen LogP contribution in [0.1, 0.15) is 0 Å². The van der Waals surface area contributed by atoms with Crippen LogP contribution in [0.25, 0.3) is 76.9 Å². The molecule has 0 fully saturated rings. The van der Waals surface area contributed by atoms with E-state index >= 15 is 0 Å². The van der Waals surface area contributed by atoms with Gasteiger partial charge in [0.05, 0.1) is 5.69 Å². The molecule has 0 unspecified atom stereocenters. The number of hydrogen-bond acceptors (Lipinski definition) is 2. The lowest BCUT2D eigenvalue weighted by molar-refractivity contribution is 0.670. The summed E-state index contributed by atoms with van der Waals surface area (Å²) in [7, 11) is 0. The molecule has 244 valence electrons. The third-order valence-electron chi connectivity index (χ3n) is 10.3. The number of rotatable bonds is 6. The molecule has 0 amide bonds. The van der Waals surface area contributed by atoms with Crippen molar-refractivity contribution < 1.29 is 4.42 Å². The predicted molar refractivity (Wildman–Crippen MR) is 220 cm³/mol. The average Bonchev–Trinajstić information content (AvgIpc) is 3.60. The summed E-state index contributed by atoms with van der Waals surface area (Å²) in [6.07, 6.45) is 0. The molecule has 0 aliphatic carbocycles. The molecule has 0 bridgehead atoms. The summed E-state index contributed by atoms with van der Waals surface area (Å²) in [5.74, 6) is 0. The van der Waals surface area contributed by atoms with Crippen LogP contribution < -0.4 is 4.90 Å². The first kappa shape index (κ1) is 30.0. The molecule has 52 heavy (non-hydrogen) atoms. The van der Waals surface area contributed by atoms with Gasteiger partial charge in [0.15, 0.2) is 0 Å². The van der Waals surface area contributed by atoms with Crippen molar-refractivity contribution in [2.75, 3.05) is 4.90 Å². The number of hydrogen-bond donors (Lipinski definition) is 0. The summed E-state index contributed by atoms with van der Waals surface area (Å²) in [5, 5.41) is 7.24. The van der Waals surface area contributed by atoms with Gasteiger partial charge in [0.1, 0.15) is 11.2 Å². The van der Waals surface area contributed by atoms with Crippen molar-refractivity contribution in [3.05, 3.63) is 200 Å². The van der Waals surface area contributed by atoms with E-state index in [0.717, 1.165) is 61.3 Å². The summed E-state index contributed by atoms with van der Waals surface area (Å²) in [6.45, 7) is 0.